The summed E-state index contributed by atoms with van der Waals surface area (Å²) in [6, 6.07) is 8.17. The summed E-state index contributed by atoms with van der Waals surface area (Å²) < 4.78 is 16.8. The summed E-state index contributed by atoms with van der Waals surface area (Å²) in [7, 11) is 1.64. The highest BCUT2D eigenvalue weighted by Gasteiger charge is 2.26. The number of ether oxygens (including phenoxy) is 2. The first-order chi connectivity index (χ1) is 16.4. The van der Waals surface area contributed by atoms with Gasteiger partial charge < -0.3 is 23.7 Å². The van der Waals surface area contributed by atoms with E-state index in [1.165, 1.54) is 6.33 Å². The number of oxime groups is 1. The monoisotopic (exact) mass is 466 g/mol. The molecule has 180 valence electrons. The van der Waals surface area contributed by atoms with Gasteiger partial charge in [-0.05, 0) is 43.7 Å². The van der Waals surface area contributed by atoms with Crippen molar-refractivity contribution < 1.29 is 18.8 Å². The molecule has 34 heavy (non-hydrogen) atoms. The van der Waals surface area contributed by atoms with E-state index in [4.69, 9.17) is 18.8 Å². The lowest BCUT2D eigenvalue weighted by Crippen LogP contribution is -2.38. The number of rotatable bonds is 8. The Balaban J connectivity index is 1.35. The highest BCUT2D eigenvalue weighted by molar-refractivity contribution is 5.98. The topological polar surface area (TPSA) is 108 Å². The second kappa shape index (κ2) is 10.5. The zero-order valence-electron chi connectivity index (χ0n) is 20.2. The van der Waals surface area contributed by atoms with Crippen LogP contribution in [0.2, 0.25) is 0 Å². The summed E-state index contributed by atoms with van der Waals surface area (Å²) in [6.45, 7) is 9.36. The molecule has 0 unspecified atom stereocenters. The highest BCUT2D eigenvalue weighted by atomic mass is 16.6. The van der Waals surface area contributed by atoms with Crippen molar-refractivity contribution in [3.05, 3.63) is 47.5 Å². The fourth-order valence-electron chi connectivity index (χ4n) is 3.54. The molecule has 0 aliphatic carbocycles. The molecule has 1 aliphatic heterocycles. The minimum Gasteiger partial charge on any atom is -0.497 e. The van der Waals surface area contributed by atoms with Crippen LogP contribution in [0.15, 0.2) is 40.3 Å². The quantitative estimate of drug-likeness (QED) is 0.357. The fraction of sp³-hybridized carbons (Fsp3) is 0.458. The smallest absolute Gasteiger partial charge is 0.324 e. The molecule has 10 nitrogen and oxygen atoms in total. The molecule has 0 atom stereocenters. The van der Waals surface area contributed by atoms with E-state index >= 15 is 0 Å². The lowest BCUT2D eigenvalue weighted by molar-refractivity contribution is 0.159. The number of piperidine rings is 1. The van der Waals surface area contributed by atoms with Gasteiger partial charge in [-0.2, -0.15) is 9.97 Å². The van der Waals surface area contributed by atoms with Gasteiger partial charge in [0.05, 0.1) is 18.4 Å². The second-order valence-electron chi connectivity index (χ2n) is 8.50. The zero-order chi connectivity index (χ0) is 24.1. The van der Waals surface area contributed by atoms with Crippen LogP contribution in [0.5, 0.6) is 17.5 Å². The van der Waals surface area contributed by atoms with Gasteiger partial charge in [0.1, 0.15) is 18.2 Å². The van der Waals surface area contributed by atoms with Crippen LogP contribution in [0.25, 0.3) is 0 Å². The molecule has 10 heteroatoms. The number of methoxy groups -OCH3 is 1. The number of aromatic nitrogens is 4. The molecule has 3 heterocycles. The fourth-order valence-corrected chi connectivity index (χ4v) is 3.54. The molecule has 0 spiro atoms. The predicted molar refractivity (Wildman–Crippen MR) is 127 cm³/mol. The number of nitrogens with zero attached hydrogens (tertiary/aromatic N) is 6. The van der Waals surface area contributed by atoms with Crippen LogP contribution in [0, 0.1) is 6.92 Å². The molecule has 2 aromatic heterocycles. The number of hydrogen-bond donors (Lipinski definition) is 0. The summed E-state index contributed by atoms with van der Waals surface area (Å²) in [5.41, 5.74) is 2.35. The van der Waals surface area contributed by atoms with Gasteiger partial charge in [0.15, 0.2) is 5.82 Å². The van der Waals surface area contributed by atoms with Crippen molar-refractivity contribution in [1.29, 1.82) is 0 Å². The Morgan fingerprint density at radius 3 is 2.47 bits per heavy atom. The van der Waals surface area contributed by atoms with Crippen molar-refractivity contribution in [2.24, 2.45) is 5.16 Å². The minimum atomic E-state index is 0.0229. The largest absolute Gasteiger partial charge is 0.497 e. The van der Waals surface area contributed by atoms with E-state index in [-0.39, 0.29) is 12.0 Å². The van der Waals surface area contributed by atoms with Gasteiger partial charge in [-0.1, -0.05) is 24.2 Å². The maximum Gasteiger partial charge on any atom is 0.324 e. The normalized spacial score (nSPS) is 15.0. The summed E-state index contributed by atoms with van der Waals surface area (Å²) >= 11 is 0. The SMILES string of the molecule is COc1ccc(/C(C)=N\Oc2ncnc(OC3CCN(c4nc(C(C)C)no4)CC3)c2C)cc1. The van der Waals surface area contributed by atoms with E-state index in [1.807, 2.05) is 52.0 Å². The third-order valence-corrected chi connectivity index (χ3v) is 5.71. The highest BCUT2D eigenvalue weighted by Crippen LogP contribution is 2.27. The van der Waals surface area contributed by atoms with Gasteiger partial charge >= 0.3 is 6.01 Å². The lowest BCUT2D eigenvalue weighted by Gasteiger charge is -2.30. The molecule has 1 fully saturated rings. The van der Waals surface area contributed by atoms with Crippen molar-refractivity contribution in [3.8, 4) is 17.5 Å². The first kappa shape index (κ1) is 23.5. The van der Waals surface area contributed by atoms with Gasteiger partial charge in [-0.3, -0.25) is 0 Å². The third-order valence-electron chi connectivity index (χ3n) is 5.71. The Morgan fingerprint density at radius 2 is 1.82 bits per heavy atom. The van der Waals surface area contributed by atoms with Crippen LogP contribution in [0.3, 0.4) is 0 Å². The lowest BCUT2D eigenvalue weighted by atomic mass is 10.1. The molecule has 0 saturated carbocycles. The van der Waals surface area contributed by atoms with E-state index in [1.54, 1.807) is 7.11 Å². The standard InChI is InChI=1S/C24H30N6O4/c1-15(2)21-27-24(34-29-21)30-12-10-20(11-13-30)32-22-16(3)23(26-14-25-22)33-28-17(4)18-6-8-19(31-5)9-7-18/h6-9,14-15,20H,10-13H2,1-5H3/b28-17-. The van der Waals surface area contributed by atoms with Crippen molar-refractivity contribution in [2.45, 2.75) is 52.6 Å². The second-order valence-corrected chi connectivity index (χ2v) is 8.50. The molecule has 0 N–H and O–H groups in total. The van der Waals surface area contributed by atoms with E-state index < -0.39 is 0 Å². The average Bonchev–Trinajstić information content (AvgIpc) is 3.36. The molecule has 4 rings (SSSR count). The molecule has 0 bridgehead atoms. The van der Waals surface area contributed by atoms with Crippen molar-refractivity contribution in [2.75, 3.05) is 25.1 Å². The van der Waals surface area contributed by atoms with E-state index in [9.17, 15) is 0 Å². The van der Waals surface area contributed by atoms with Crippen LogP contribution < -0.4 is 19.2 Å². The van der Waals surface area contributed by atoms with Crippen LogP contribution in [-0.4, -0.2) is 52.1 Å². The van der Waals surface area contributed by atoms with Crippen LogP contribution in [-0.2, 0) is 0 Å². The molecule has 1 aliphatic rings. The maximum atomic E-state index is 6.18. The number of hydrogen-bond acceptors (Lipinski definition) is 10. The Kier molecular flexibility index (Phi) is 7.24. The third kappa shape index (κ3) is 5.44. The summed E-state index contributed by atoms with van der Waals surface area (Å²) in [5.74, 6) is 2.61. The molecular formula is C24H30N6O4. The van der Waals surface area contributed by atoms with Crippen molar-refractivity contribution >= 4 is 11.7 Å². The molecule has 0 radical (unpaired) electrons. The van der Waals surface area contributed by atoms with Crippen molar-refractivity contribution in [3.63, 3.8) is 0 Å². The van der Waals surface area contributed by atoms with Gasteiger partial charge in [-0.15, -0.1) is 0 Å². The summed E-state index contributed by atoms with van der Waals surface area (Å²) in [4.78, 5) is 20.7. The van der Waals surface area contributed by atoms with Gasteiger partial charge in [-0.25, -0.2) is 4.98 Å². The zero-order valence-corrected chi connectivity index (χ0v) is 20.2. The molecule has 1 saturated heterocycles. The van der Waals surface area contributed by atoms with Crippen LogP contribution in [0.4, 0.5) is 6.01 Å². The minimum absolute atomic E-state index is 0.0229. The Bertz CT molecular complexity index is 1120. The summed E-state index contributed by atoms with van der Waals surface area (Å²) in [5, 5.41) is 8.28. The van der Waals surface area contributed by atoms with Crippen LogP contribution >= 0.6 is 0 Å². The van der Waals surface area contributed by atoms with E-state index in [0.717, 1.165) is 48.8 Å². The Labute approximate surface area is 198 Å². The molecular weight excluding hydrogens is 436 g/mol. The number of anilines is 1. The molecule has 1 aromatic carbocycles. The summed E-state index contributed by atoms with van der Waals surface area (Å²) in [6.07, 6.45) is 3.08. The first-order valence-electron chi connectivity index (χ1n) is 11.4. The Hall–Kier alpha value is -3.69. The maximum absolute atomic E-state index is 6.18. The van der Waals surface area contributed by atoms with Gasteiger partial charge in [0, 0.05) is 31.8 Å². The predicted octanol–water partition coefficient (Wildman–Crippen LogP) is 4.15. The van der Waals surface area contributed by atoms with E-state index in [2.05, 4.69) is 30.2 Å². The number of benzene rings is 1. The van der Waals surface area contributed by atoms with Crippen LogP contribution in [0.1, 0.15) is 56.5 Å². The molecule has 3 aromatic rings. The van der Waals surface area contributed by atoms with Gasteiger partial charge in [0.25, 0.3) is 5.88 Å². The van der Waals surface area contributed by atoms with Gasteiger partial charge in [0.2, 0.25) is 5.88 Å². The first-order valence-corrected chi connectivity index (χ1v) is 11.4. The Morgan fingerprint density at radius 1 is 1.12 bits per heavy atom. The molecule has 0 amide bonds. The van der Waals surface area contributed by atoms with Crippen molar-refractivity contribution in [1.82, 2.24) is 20.1 Å². The van der Waals surface area contributed by atoms with E-state index in [0.29, 0.717) is 23.3 Å². The average molecular weight is 467 g/mol.